The summed E-state index contributed by atoms with van der Waals surface area (Å²) in [4.78, 5) is 24.9. The van der Waals surface area contributed by atoms with Crippen LogP contribution in [0.3, 0.4) is 0 Å². The van der Waals surface area contributed by atoms with Crippen LogP contribution in [0.15, 0.2) is 85.2 Å². The predicted molar refractivity (Wildman–Crippen MR) is 132 cm³/mol. The number of anilines is 1. The molecule has 0 saturated heterocycles. The monoisotopic (exact) mass is 503 g/mol. The number of benzene rings is 2. The van der Waals surface area contributed by atoms with Gasteiger partial charge in [-0.25, -0.2) is 19.7 Å². The number of fused-ring (bicyclic) bond motifs is 1. The molecule has 2 aromatic carbocycles. The summed E-state index contributed by atoms with van der Waals surface area (Å²) in [5.41, 5.74) is 1.72. The van der Waals surface area contributed by atoms with Crippen molar-refractivity contribution in [2.75, 3.05) is 5.32 Å². The minimum Gasteiger partial charge on any atom is -0.478 e. The van der Waals surface area contributed by atoms with Crippen LogP contribution >= 0.6 is 0 Å². The summed E-state index contributed by atoms with van der Waals surface area (Å²) < 4.78 is 41.9. The fraction of sp³-hybridized carbons (Fsp3) is 0.111. The van der Waals surface area contributed by atoms with Crippen LogP contribution in [0.1, 0.15) is 34.5 Å². The molecule has 0 amide bonds. The summed E-state index contributed by atoms with van der Waals surface area (Å²) in [5.74, 6) is -0.822. The molecule has 0 aliphatic heterocycles. The highest BCUT2D eigenvalue weighted by Crippen LogP contribution is 2.36. The van der Waals surface area contributed by atoms with Crippen molar-refractivity contribution in [1.29, 1.82) is 0 Å². The van der Waals surface area contributed by atoms with Gasteiger partial charge in [0.2, 0.25) is 5.95 Å². The van der Waals surface area contributed by atoms with Crippen LogP contribution in [0.5, 0.6) is 0 Å². The Kier molecular flexibility index (Phi) is 6.08. The fourth-order valence-electron chi connectivity index (χ4n) is 4.05. The van der Waals surface area contributed by atoms with E-state index < -0.39 is 17.7 Å². The molecular weight excluding hydrogens is 483 g/mol. The van der Waals surface area contributed by atoms with E-state index in [9.17, 15) is 23.1 Å². The maximum Gasteiger partial charge on any atom is 0.416 e. The van der Waals surface area contributed by atoms with E-state index in [1.165, 1.54) is 30.5 Å². The van der Waals surface area contributed by atoms with E-state index in [0.717, 1.165) is 17.7 Å². The van der Waals surface area contributed by atoms with Gasteiger partial charge in [-0.2, -0.15) is 13.2 Å². The molecule has 0 unspecified atom stereocenters. The molecule has 5 rings (SSSR count). The summed E-state index contributed by atoms with van der Waals surface area (Å²) in [6.07, 6.45) is -1.48. The lowest BCUT2D eigenvalue weighted by Crippen LogP contribution is -2.09. The van der Waals surface area contributed by atoms with Crippen molar-refractivity contribution in [3.05, 3.63) is 102 Å². The molecule has 0 aliphatic carbocycles. The molecule has 3 heterocycles. The molecule has 10 heteroatoms. The zero-order valence-electron chi connectivity index (χ0n) is 19.4. The highest BCUT2D eigenvalue weighted by atomic mass is 19.4. The maximum atomic E-state index is 13.4. The van der Waals surface area contributed by atoms with E-state index in [-0.39, 0.29) is 28.5 Å². The first-order chi connectivity index (χ1) is 17.7. The molecule has 37 heavy (non-hydrogen) atoms. The molecule has 186 valence electrons. The summed E-state index contributed by atoms with van der Waals surface area (Å²) in [6, 6.07) is 18.8. The number of alkyl halides is 3. The van der Waals surface area contributed by atoms with Gasteiger partial charge in [0.15, 0.2) is 0 Å². The zero-order valence-corrected chi connectivity index (χ0v) is 19.4. The Bertz CT molecular complexity index is 1600. The molecule has 7 nitrogen and oxygen atoms in total. The first-order valence-electron chi connectivity index (χ1n) is 11.3. The lowest BCUT2D eigenvalue weighted by molar-refractivity contribution is -0.137. The minimum atomic E-state index is -4.54. The van der Waals surface area contributed by atoms with Gasteiger partial charge in [0, 0.05) is 18.0 Å². The van der Waals surface area contributed by atoms with E-state index in [4.69, 9.17) is 0 Å². The van der Waals surface area contributed by atoms with Gasteiger partial charge in [0.1, 0.15) is 5.65 Å². The second-order valence-electron chi connectivity index (χ2n) is 8.38. The molecule has 0 saturated carbocycles. The summed E-state index contributed by atoms with van der Waals surface area (Å²) in [7, 11) is 0. The van der Waals surface area contributed by atoms with Crippen LogP contribution in [0.2, 0.25) is 0 Å². The van der Waals surface area contributed by atoms with E-state index in [0.29, 0.717) is 17.3 Å². The van der Waals surface area contributed by atoms with Crippen LogP contribution in [0.4, 0.5) is 19.1 Å². The summed E-state index contributed by atoms with van der Waals surface area (Å²) in [5, 5.41) is 12.6. The first kappa shape index (κ1) is 24.0. The number of hydrogen-bond acceptors (Lipinski definition) is 5. The predicted octanol–water partition coefficient (Wildman–Crippen LogP) is 6.35. The number of carboxylic acid groups (broad SMARTS) is 1. The normalized spacial score (nSPS) is 12.4. The lowest BCUT2D eigenvalue weighted by atomic mass is 10.0. The number of aromatic nitrogens is 4. The number of aromatic carboxylic acids is 1. The van der Waals surface area contributed by atoms with E-state index >= 15 is 0 Å². The van der Waals surface area contributed by atoms with E-state index in [2.05, 4.69) is 20.3 Å². The summed E-state index contributed by atoms with van der Waals surface area (Å²) >= 11 is 0. The minimum absolute atomic E-state index is 0.00127. The van der Waals surface area contributed by atoms with Crippen molar-refractivity contribution < 1.29 is 23.1 Å². The molecule has 5 aromatic rings. The highest BCUT2D eigenvalue weighted by Gasteiger charge is 2.31. The first-order valence-corrected chi connectivity index (χ1v) is 11.3. The number of halogens is 3. The quantitative estimate of drug-likeness (QED) is 0.281. The molecule has 0 spiro atoms. The van der Waals surface area contributed by atoms with Crippen molar-refractivity contribution in [3.63, 3.8) is 0 Å². The van der Waals surface area contributed by atoms with E-state index in [1.54, 1.807) is 16.7 Å². The van der Waals surface area contributed by atoms with Crippen LogP contribution in [-0.4, -0.2) is 30.4 Å². The molecule has 0 aliphatic rings. The van der Waals surface area contributed by atoms with Gasteiger partial charge < -0.3 is 10.4 Å². The third-order valence-corrected chi connectivity index (χ3v) is 5.88. The Hall–Kier alpha value is -4.73. The molecule has 0 fully saturated rings. The molecule has 1 atom stereocenters. The average Bonchev–Trinajstić information content (AvgIpc) is 3.28. The third-order valence-electron chi connectivity index (χ3n) is 5.88. The maximum absolute atomic E-state index is 13.4. The Morgan fingerprint density at radius 3 is 2.51 bits per heavy atom. The molecule has 3 aromatic heterocycles. The smallest absolute Gasteiger partial charge is 0.416 e. The summed E-state index contributed by atoms with van der Waals surface area (Å²) in [6.45, 7) is 1.96. The highest BCUT2D eigenvalue weighted by molar-refractivity contribution is 5.90. The van der Waals surface area contributed by atoms with Crippen molar-refractivity contribution >= 4 is 17.6 Å². The Morgan fingerprint density at radius 2 is 1.78 bits per heavy atom. The topological polar surface area (TPSA) is 92.4 Å². The zero-order chi connectivity index (χ0) is 26.2. The largest absolute Gasteiger partial charge is 0.478 e. The van der Waals surface area contributed by atoms with Gasteiger partial charge in [-0.05, 0) is 42.8 Å². The molecule has 0 radical (unpaired) electrons. The van der Waals surface area contributed by atoms with Gasteiger partial charge in [0.05, 0.1) is 34.3 Å². The number of carbonyl (C=O) groups is 1. The van der Waals surface area contributed by atoms with Crippen molar-refractivity contribution in [3.8, 4) is 22.6 Å². The second kappa shape index (κ2) is 9.38. The van der Waals surface area contributed by atoms with Crippen molar-refractivity contribution in [2.24, 2.45) is 0 Å². The SMILES string of the molecule is C[C@@H](Nc1nccc(-c2c(-c3cccc(C(F)(F)F)c3)nc3cc(C(=O)O)ccn23)n1)c1ccccc1. The van der Waals surface area contributed by atoms with Crippen LogP contribution < -0.4 is 5.32 Å². The Morgan fingerprint density at radius 1 is 1.00 bits per heavy atom. The van der Waals surface area contributed by atoms with E-state index in [1.807, 2.05) is 37.3 Å². The fourth-order valence-corrected chi connectivity index (χ4v) is 4.05. The number of imidazole rings is 1. The standard InChI is InChI=1S/C27H20F3N5O2/c1-16(17-6-3-2-4-7-17)32-26-31-12-10-21(33-26)24-23(18-8-5-9-20(14-18)27(28,29)30)34-22-15-19(25(36)37)11-13-35(22)24/h2-16H,1H3,(H,36,37)(H,31,32,33)/t16-/m1/s1. The van der Waals surface area contributed by atoms with Crippen LogP contribution in [0, 0.1) is 0 Å². The number of carboxylic acids is 1. The van der Waals surface area contributed by atoms with Gasteiger partial charge in [-0.3, -0.25) is 4.40 Å². The average molecular weight is 503 g/mol. The lowest BCUT2D eigenvalue weighted by Gasteiger charge is -2.15. The van der Waals surface area contributed by atoms with Gasteiger partial charge >= 0.3 is 12.1 Å². The Balaban J connectivity index is 1.65. The number of rotatable bonds is 6. The van der Waals surface area contributed by atoms with Crippen LogP contribution in [-0.2, 0) is 6.18 Å². The van der Waals surface area contributed by atoms with Gasteiger partial charge in [-0.15, -0.1) is 0 Å². The van der Waals surface area contributed by atoms with Crippen molar-refractivity contribution in [1.82, 2.24) is 19.4 Å². The molecule has 0 bridgehead atoms. The Labute approximate surface area is 209 Å². The third kappa shape index (κ3) is 4.86. The number of nitrogens with zero attached hydrogens (tertiary/aromatic N) is 4. The number of nitrogens with one attached hydrogen (secondary N) is 1. The van der Waals surface area contributed by atoms with Gasteiger partial charge in [-0.1, -0.05) is 42.5 Å². The van der Waals surface area contributed by atoms with Crippen molar-refractivity contribution in [2.45, 2.75) is 19.1 Å². The molecular formula is C27H20F3N5O2. The number of pyridine rings is 1. The second-order valence-corrected chi connectivity index (χ2v) is 8.38. The number of hydrogen-bond donors (Lipinski definition) is 2. The van der Waals surface area contributed by atoms with Crippen LogP contribution in [0.25, 0.3) is 28.3 Å². The van der Waals surface area contributed by atoms with Gasteiger partial charge in [0.25, 0.3) is 0 Å². The molecule has 2 N–H and O–H groups in total.